The van der Waals surface area contributed by atoms with Crippen LogP contribution in [0.2, 0.25) is 0 Å². The van der Waals surface area contributed by atoms with E-state index in [1.165, 1.54) is 13.0 Å². The summed E-state index contributed by atoms with van der Waals surface area (Å²) in [6, 6.07) is 1.16. The predicted molar refractivity (Wildman–Crippen MR) is 76.1 cm³/mol. The third-order valence-electron chi connectivity index (χ3n) is 2.91. The molecule has 0 saturated heterocycles. The minimum absolute atomic E-state index is 0.0459. The van der Waals surface area contributed by atoms with Gasteiger partial charge in [-0.1, -0.05) is 0 Å². The largest absolute Gasteiger partial charge is 0.327 e. The van der Waals surface area contributed by atoms with Crippen molar-refractivity contribution in [2.24, 2.45) is 5.73 Å². The second kappa shape index (κ2) is 5.86. The van der Waals surface area contributed by atoms with Crippen LogP contribution in [0.4, 0.5) is 5.69 Å². The van der Waals surface area contributed by atoms with Gasteiger partial charge in [-0.25, -0.2) is 13.1 Å². The van der Waals surface area contributed by atoms with Gasteiger partial charge in [0.05, 0.1) is 9.82 Å². The molecule has 1 atom stereocenters. The van der Waals surface area contributed by atoms with E-state index >= 15 is 0 Å². The number of nitrogens with two attached hydrogens (primary N) is 1. The Kier molecular flexibility index (Phi) is 4.85. The molecule has 112 valence electrons. The van der Waals surface area contributed by atoms with Crippen molar-refractivity contribution in [2.75, 3.05) is 6.54 Å². The van der Waals surface area contributed by atoms with Crippen molar-refractivity contribution in [3.05, 3.63) is 32.9 Å². The Balaban J connectivity index is 3.46. The zero-order valence-electron chi connectivity index (χ0n) is 11.9. The van der Waals surface area contributed by atoms with E-state index in [1.54, 1.807) is 20.8 Å². The van der Waals surface area contributed by atoms with E-state index in [4.69, 9.17) is 5.73 Å². The molecule has 0 aromatic heterocycles. The van der Waals surface area contributed by atoms with E-state index in [-0.39, 0.29) is 28.7 Å². The molecule has 0 radical (unpaired) electrons. The van der Waals surface area contributed by atoms with E-state index < -0.39 is 14.9 Å². The van der Waals surface area contributed by atoms with Crippen LogP contribution in [0.1, 0.15) is 23.6 Å². The average Bonchev–Trinajstić information content (AvgIpc) is 2.24. The fourth-order valence-electron chi connectivity index (χ4n) is 2.17. The molecule has 1 unspecified atom stereocenters. The first-order chi connectivity index (χ1) is 9.08. The summed E-state index contributed by atoms with van der Waals surface area (Å²) in [6.45, 7) is 6.38. The summed E-state index contributed by atoms with van der Waals surface area (Å²) < 4.78 is 26.9. The molecule has 0 aliphatic heterocycles. The van der Waals surface area contributed by atoms with Crippen LogP contribution in [0.3, 0.4) is 0 Å². The number of nitro groups is 1. The van der Waals surface area contributed by atoms with Crippen molar-refractivity contribution in [2.45, 2.75) is 38.6 Å². The van der Waals surface area contributed by atoms with Crippen molar-refractivity contribution >= 4 is 15.7 Å². The predicted octanol–water partition coefficient (Wildman–Crippen LogP) is 1.15. The summed E-state index contributed by atoms with van der Waals surface area (Å²) in [5.74, 6) is 0. The lowest BCUT2D eigenvalue weighted by Gasteiger charge is -2.14. The van der Waals surface area contributed by atoms with Crippen LogP contribution in [0, 0.1) is 30.9 Å². The van der Waals surface area contributed by atoms with E-state index in [9.17, 15) is 18.5 Å². The third kappa shape index (κ3) is 3.33. The number of hydrogen-bond donors (Lipinski definition) is 2. The monoisotopic (exact) mass is 301 g/mol. The Bertz CT molecular complexity index is 639. The molecule has 7 nitrogen and oxygen atoms in total. The van der Waals surface area contributed by atoms with Gasteiger partial charge < -0.3 is 5.73 Å². The number of sulfonamides is 1. The Hall–Kier alpha value is -1.51. The van der Waals surface area contributed by atoms with Gasteiger partial charge in [0, 0.05) is 23.7 Å². The number of nitrogens with zero attached hydrogens (tertiary/aromatic N) is 1. The summed E-state index contributed by atoms with van der Waals surface area (Å²) >= 11 is 0. The molecule has 0 aliphatic rings. The average molecular weight is 301 g/mol. The third-order valence-corrected chi connectivity index (χ3v) is 4.62. The second-order valence-electron chi connectivity index (χ2n) is 4.90. The number of rotatable bonds is 5. The lowest BCUT2D eigenvalue weighted by atomic mass is 10.1. The van der Waals surface area contributed by atoms with Gasteiger partial charge in [-0.2, -0.15) is 0 Å². The molecule has 20 heavy (non-hydrogen) atoms. The van der Waals surface area contributed by atoms with E-state index in [2.05, 4.69) is 4.72 Å². The van der Waals surface area contributed by atoms with Crippen LogP contribution in [-0.2, 0) is 10.0 Å². The number of nitrogens with one attached hydrogen (secondary N) is 1. The van der Waals surface area contributed by atoms with Gasteiger partial charge >= 0.3 is 0 Å². The number of benzene rings is 1. The fraction of sp³-hybridized carbons (Fsp3) is 0.500. The smallest absolute Gasteiger partial charge is 0.276 e. The molecule has 0 amide bonds. The van der Waals surface area contributed by atoms with E-state index in [0.717, 1.165) is 0 Å². The molecule has 0 aliphatic carbocycles. The molecule has 3 N–H and O–H groups in total. The van der Waals surface area contributed by atoms with Gasteiger partial charge in [0.25, 0.3) is 5.69 Å². The first kappa shape index (κ1) is 16.5. The quantitative estimate of drug-likeness (QED) is 0.625. The number of aryl methyl sites for hydroxylation is 2. The summed E-state index contributed by atoms with van der Waals surface area (Å²) in [5, 5.41) is 11.1. The number of hydrogen-bond acceptors (Lipinski definition) is 5. The zero-order valence-corrected chi connectivity index (χ0v) is 12.7. The fourth-order valence-corrected chi connectivity index (χ4v) is 3.77. The molecular weight excluding hydrogens is 282 g/mol. The van der Waals surface area contributed by atoms with Crippen LogP contribution < -0.4 is 10.5 Å². The van der Waals surface area contributed by atoms with Crippen LogP contribution in [-0.4, -0.2) is 25.9 Å². The standard InChI is InChI=1S/C12H19N3O4S/c1-7-5-8(2)12(10(4)11(7)15(16)17)20(18,19)14-6-9(3)13/h5,9,14H,6,13H2,1-4H3. The second-order valence-corrected chi connectivity index (χ2v) is 6.60. The molecule has 0 fully saturated rings. The Morgan fingerprint density at radius 2 is 1.90 bits per heavy atom. The molecule has 1 aromatic carbocycles. The summed E-state index contributed by atoms with van der Waals surface area (Å²) in [5.41, 5.74) is 6.41. The van der Waals surface area contributed by atoms with E-state index in [1.807, 2.05) is 0 Å². The van der Waals surface area contributed by atoms with Crippen molar-refractivity contribution < 1.29 is 13.3 Å². The molecular formula is C12H19N3O4S. The van der Waals surface area contributed by atoms with Crippen LogP contribution >= 0.6 is 0 Å². The molecule has 8 heteroatoms. The first-order valence-corrected chi connectivity index (χ1v) is 7.56. The molecule has 0 bridgehead atoms. The topological polar surface area (TPSA) is 115 Å². The van der Waals surface area contributed by atoms with Gasteiger partial charge in [0.15, 0.2) is 0 Å². The van der Waals surface area contributed by atoms with Crippen LogP contribution in [0.15, 0.2) is 11.0 Å². The summed E-state index contributed by atoms with van der Waals surface area (Å²) in [7, 11) is -3.82. The maximum Gasteiger partial charge on any atom is 0.276 e. The Morgan fingerprint density at radius 3 is 2.35 bits per heavy atom. The molecule has 0 heterocycles. The highest BCUT2D eigenvalue weighted by molar-refractivity contribution is 7.89. The highest BCUT2D eigenvalue weighted by Crippen LogP contribution is 2.31. The molecule has 0 spiro atoms. The maximum atomic E-state index is 12.3. The van der Waals surface area contributed by atoms with Gasteiger partial charge in [-0.05, 0) is 39.3 Å². The van der Waals surface area contributed by atoms with Gasteiger partial charge in [0.1, 0.15) is 0 Å². The van der Waals surface area contributed by atoms with Crippen molar-refractivity contribution in [1.82, 2.24) is 4.72 Å². The van der Waals surface area contributed by atoms with Crippen LogP contribution in [0.25, 0.3) is 0 Å². The van der Waals surface area contributed by atoms with Crippen molar-refractivity contribution in [3.8, 4) is 0 Å². The van der Waals surface area contributed by atoms with Gasteiger partial charge in [0.2, 0.25) is 10.0 Å². The lowest BCUT2D eigenvalue weighted by Crippen LogP contribution is -2.35. The molecule has 1 rings (SSSR count). The minimum atomic E-state index is -3.82. The molecule has 0 saturated carbocycles. The van der Waals surface area contributed by atoms with Crippen LogP contribution in [0.5, 0.6) is 0 Å². The van der Waals surface area contributed by atoms with Gasteiger partial charge in [-0.3, -0.25) is 10.1 Å². The summed E-state index contributed by atoms with van der Waals surface area (Å²) in [4.78, 5) is 10.5. The number of nitro benzene ring substituents is 1. The van der Waals surface area contributed by atoms with E-state index in [0.29, 0.717) is 11.1 Å². The molecule has 1 aromatic rings. The highest BCUT2D eigenvalue weighted by Gasteiger charge is 2.27. The Morgan fingerprint density at radius 1 is 1.35 bits per heavy atom. The Labute approximate surface area is 118 Å². The highest BCUT2D eigenvalue weighted by atomic mass is 32.2. The SMILES string of the molecule is Cc1cc(C)c(S(=O)(=O)NCC(C)N)c(C)c1[N+](=O)[O-]. The van der Waals surface area contributed by atoms with Crippen molar-refractivity contribution in [3.63, 3.8) is 0 Å². The zero-order chi connectivity index (χ0) is 15.7. The summed E-state index contributed by atoms with van der Waals surface area (Å²) in [6.07, 6.45) is 0. The van der Waals surface area contributed by atoms with Crippen molar-refractivity contribution in [1.29, 1.82) is 0 Å². The van der Waals surface area contributed by atoms with Gasteiger partial charge in [-0.15, -0.1) is 0 Å². The maximum absolute atomic E-state index is 12.3. The minimum Gasteiger partial charge on any atom is -0.327 e. The first-order valence-electron chi connectivity index (χ1n) is 6.08. The normalized spacial score (nSPS) is 13.2. The lowest BCUT2D eigenvalue weighted by molar-refractivity contribution is -0.386.